The van der Waals surface area contributed by atoms with Crippen LogP contribution in [-0.2, 0) is 28.6 Å². The summed E-state index contributed by atoms with van der Waals surface area (Å²) in [4.78, 5) is 38.3. The molecule has 0 bridgehead atoms. The summed E-state index contributed by atoms with van der Waals surface area (Å²) in [7, 11) is 0. The molecule has 456 valence electrons. The number of ether oxygens (including phenoxy) is 3. The summed E-state index contributed by atoms with van der Waals surface area (Å²) < 4.78 is 16.9. The van der Waals surface area contributed by atoms with E-state index in [1.807, 2.05) is 0 Å². The Bertz CT molecular complexity index is 1350. The lowest BCUT2D eigenvalue weighted by Gasteiger charge is -2.18. The third kappa shape index (κ3) is 64.2. The fourth-order valence-electron chi connectivity index (χ4n) is 10.4. The van der Waals surface area contributed by atoms with Gasteiger partial charge in [0.15, 0.2) is 6.10 Å². The van der Waals surface area contributed by atoms with E-state index in [9.17, 15) is 14.4 Å². The second-order valence-electron chi connectivity index (χ2n) is 23.4. The van der Waals surface area contributed by atoms with Crippen LogP contribution in [0.25, 0.3) is 0 Å². The zero-order valence-corrected chi connectivity index (χ0v) is 52.5. The molecule has 0 radical (unpaired) electrons. The van der Waals surface area contributed by atoms with Crippen LogP contribution < -0.4 is 0 Å². The second kappa shape index (κ2) is 66.9. The lowest BCUT2D eigenvalue weighted by Crippen LogP contribution is -2.30. The van der Waals surface area contributed by atoms with Crippen LogP contribution in [-0.4, -0.2) is 37.2 Å². The molecule has 0 heterocycles. The maximum Gasteiger partial charge on any atom is 0.306 e. The largest absolute Gasteiger partial charge is 0.462 e. The van der Waals surface area contributed by atoms with Gasteiger partial charge in [-0.1, -0.05) is 345 Å². The molecule has 0 aliphatic rings. The number of allylic oxidation sites excluding steroid dienone is 8. The highest BCUT2D eigenvalue weighted by Gasteiger charge is 2.19. The van der Waals surface area contributed by atoms with Gasteiger partial charge in [0, 0.05) is 19.3 Å². The van der Waals surface area contributed by atoms with Crippen molar-refractivity contribution in [1.82, 2.24) is 0 Å². The number of hydrogen-bond donors (Lipinski definition) is 0. The Morgan fingerprint density at radius 3 is 0.782 bits per heavy atom. The van der Waals surface area contributed by atoms with Crippen molar-refractivity contribution in [1.29, 1.82) is 0 Å². The van der Waals surface area contributed by atoms with E-state index in [1.165, 1.54) is 250 Å². The van der Waals surface area contributed by atoms with E-state index in [0.717, 1.165) is 83.5 Å². The monoisotopic (exact) mass is 1090 g/mol. The maximum atomic E-state index is 12.9. The molecule has 0 fully saturated rings. The standard InChI is InChI=1S/C72H132O6/c1-4-7-10-13-16-19-21-23-25-27-29-31-33-35-37-38-40-42-44-46-48-50-53-56-59-62-65-71(74)77-68-69(67-76-70(73)64-61-58-55-52-18-15-12-9-6-3)78-72(75)66-63-60-57-54-51-49-47-45-43-41-39-36-34-32-30-28-26-24-22-20-17-14-11-8-5-2/h8,11,17,20,24,26,30,32,69H,4-7,9-10,12-16,18-19,21-23,25,27-29,31,33-68H2,1-3H3/b11-8-,20-17-,26-24-,32-30-. The van der Waals surface area contributed by atoms with Crippen molar-refractivity contribution in [2.24, 2.45) is 0 Å². The molecule has 0 aliphatic heterocycles. The van der Waals surface area contributed by atoms with Crippen LogP contribution >= 0.6 is 0 Å². The van der Waals surface area contributed by atoms with Crippen molar-refractivity contribution in [3.05, 3.63) is 48.6 Å². The van der Waals surface area contributed by atoms with Gasteiger partial charge in [-0.15, -0.1) is 0 Å². The summed E-state index contributed by atoms with van der Waals surface area (Å²) in [6, 6.07) is 0. The fourth-order valence-corrected chi connectivity index (χ4v) is 10.4. The first-order valence-corrected chi connectivity index (χ1v) is 34.6. The van der Waals surface area contributed by atoms with E-state index in [0.29, 0.717) is 19.3 Å². The van der Waals surface area contributed by atoms with Crippen LogP contribution in [0, 0.1) is 0 Å². The highest BCUT2D eigenvalue weighted by molar-refractivity contribution is 5.71. The first-order chi connectivity index (χ1) is 38.5. The van der Waals surface area contributed by atoms with Crippen LogP contribution in [0.2, 0.25) is 0 Å². The van der Waals surface area contributed by atoms with Crippen molar-refractivity contribution in [2.45, 2.75) is 380 Å². The first-order valence-electron chi connectivity index (χ1n) is 34.6. The van der Waals surface area contributed by atoms with Gasteiger partial charge in [-0.05, 0) is 57.8 Å². The van der Waals surface area contributed by atoms with E-state index in [-0.39, 0.29) is 31.1 Å². The lowest BCUT2D eigenvalue weighted by molar-refractivity contribution is -0.167. The Morgan fingerprint density at radius 1 is 0.269 bits per heavy atom. The molecule has 0 amide bonds. The van der Waals surface area contributed by atoms with Crippen molar-refractivity contribution in [3.8, 4) is 0 Å². The number of carbonyl (C=O) groups is 3. The van der Waals surface area contributed by atoms with Crippen LogP contribution in [0.1, 0.15) is 374 Å². The molecule has 0 aromatic heterocycles. The smallest absolute Gasteiger partial charge is 0.306 e. The summed E-state index contributed by atoms with van der Waals surface area (Å²) in [6.45, 7) is 6.57. The molecular weight excluding hydrogens is 961 g/mol. The molecule has 0 N–H and O–H groups in total. The summed E-state index contributed by atoms with van der Waals surface area (Å²) in [5.74, 6) is -0.848. The second-order valence-corrected chi connectivity index (χ2v) is 23.4. The van der Waals surface area contributed by atoms with E-state index >= 15 is 0 Å². The van der Waals surface area contributed by atoms with Crippen molar-refractivity contribution in [2.75, 3.05) is 13.2 Å². The van der Waals surface area contributed by atoms with Gasteiger partial charge in [-0.2, -0.15) is 0 Å². The molecule has 0 rings (SSSR count). The number of esters is 3. The number of rotatable bonds is 64. The highest BCUT2D eigenvalue weighted by atomic mass is 16.6. The molecule has 78 heavy (non-hydrogen) atoms. The van der Waals surface area contributed by atoms with E-state index in [1.54, 1.807) is 0 Å². The minimum absolute atomic E-state index is 0.0681. The quantitative estimate of drug-likeness (QED) is 0.0261. The van der Waals surface area contributed by atoms with Crippen LogP contribution in [0.15, 0.2) is 48.6 Å². The molecule has 0 saturated carbocycles. The molecule has 6 heteroatoms. The van der Waals surface area contributed by atoms with Crippen LogP contribution in [0.4, 0.5) is 0 Å². The summed E-state index contributed by atoms with van der Waals surface area (Å²) in [6.07, 6.45) is 84.4. The lowest BCUT2D eigenvalue weighted by atomic mass is 10.0. The molecule has 1 unspecified atom stereocenters. The van der Waals surface area contributed by atoms with Crippen LogP contribution in [0.3, 0.4) is 0 Å². The molecule has 0 aliphatic carbocycles. The van der Waals surface area contributed by atoms with E-state index < -0.39 is 6.10 Å². The average Bonchev–Trinajstić information content (AvgIpc) is 3.44. The Labute approximate surface area is 486 Å². The normalized spacial score (nSPS) is 12.3. The third-order valence-corrected chi connectivity index (χ3v) is 15.6. The van der Waals surface area contributed by atoms with Gasteiger partial charge in [0.1, 0.15) is 13.2 Å². The Balaban J connectivity index is 4.12. The van der Waals surface area contributed by atoms with E-state index in [2.05, 4.69) is 69.4 Å². The molecule has 6 nitrogen and oxygen atoms in total. The molecular formula is C72H132O6. The Morgan fingerprint density at radius 2 is 0.500 bits per heavy atom. The number of carbonyl (C=O) groups excluding carboxylic acids is 3. The summed E-state index contributed by atoms with van der Waals surface area (Å²) in [5.41, 5.74) is 0. The first kappa shape index (κ1) is 75.4. The number of unbranched alkanes of at least 4 members (excludes halogenated alkanes) is 45. The number of hydrogen-bond acceptors (Lipinski definition) is 6. The van der Waals surface area contributed by atoms with E-state index in [4.69, 9.17) is 14.2 Å². The maximum absolute atomic E-state index is 12.9. The van der Waals surface area contributed by atoms with Gasteiger partial charge in [0.05, 0.1) is 0 Å². The zero-order chi connectivity index (χ0) is 56.4. The zero-order valence-electron chi connectivity index (χ0n) is 52.5. The molecule has 0 aromatic rings. The van der Waals surface area contributed by atoms with Gasteiger partial charge in [0.2, 0.25) is 0 Å². The Hall–Kier alpha value is -2.63. The molecule has 1 atom stereocenters. The summed E-state index contributed by atoms with van der Waals surface area (Å²) >= 11 is 0. The highest BCUT2D eigenvalue weighted by Crippen LogP contribution is 2.18. The summed E-state index contributed by atoms with van der Waals surface area (Å²) in [5, 5.41) is 0. The van der Waals surface area contributed by atoms with Gasteiger partial charge in [-0.25, -0.2) is 0 Å². The molecule has 0 aromatic carbocycles. The average molecular weight is 1090 g/mol. The minimum atomic E-state index is -0.770. The van der Waals surface area contributed by atoms with Crippen molar-refractivity contribution >= 4 is 17.9 Å². The predicted octanol–water partition coefficient (Wildman–Crippen LogP) is 23.7. The molecule has 0 saturated heterocycles. The molecule has 0 spiro atoms. The van der Waals surface area contributed by atoms with Crippen LogP contribution in [0.5, 0.6) is 0 Å². The topological polar surface area (TPSA) is 78.9 Å². The third-order valence-electron chi connectivity index (χ3n) is 15.6. The fraction of sp³-hybridized carbons (Fsp3) is 0.847. The van der Waals surface area contributed by atoms with Crippen molar-refractivity contribution in [3.63, 3.8) is 0 Å². The van der Waals surface area contributed by atoms with Gasteiger partial charge in [0.25, 0.3) is 0 Å². The van der Waals surface area contributed by atoms with Gasteiger partial charge < -0.3 is 14.2 Å². The minimum Gasteiger partial charge on any atom is -0.462 e. The van der Waals surface area contributed by atoms with Gasteiger partial charge >= 0.3 is 17.9 Å². The van der Waals surface area contributed by atoms with Crippen molar-refractivity contribution < 1.29 is 28.6 Å². The Kier molecular flexibility index (Phi) is 64.6. The SMILES string of the molecule is CC/C=C\C/C=C\C/C=C\C/C=C\CCCCCCCCCCCCCCC(=O)OC(COC(=O)CCCCCCCCCCC)COC(=O)CCCCCCCCCCCCCCCCCCCCCCCCCCCC. The van der Waals surface area contributed by atoms with Gasteiger partial charge in [-0.3, -0.25) is 14.4 Å². The predicted molar refractivity (Wildman–Crippen MR) is 339 cm³/mol.